The molecule has 5 nitrogen and oxygen atoms in total. The van der Waals surface area contributed by atoms with Crippen LogP contribution in [0.25, 0.3) is 10.4 Å². The third kappa shape index (κ3) is 3.40. The van der Waals surface area contributed by atoms with E-state index >= 15 is 0 Å². The van der Waals surface area contributed by atoms with Gasteiger partial charge in [0, 0.05) is 4.91 Å². The summed E-state index contributed by atoms with van der Waals surface area (Å²) in [6.45, 7) is 2.19. The second-order valence-electron chi connectivity index (χ2n) is 5.17. The Kier molecular flexibility index (Phi) is 4.47. The molecule has 20 heavy (non-hydrogen) atoms. The molecule has 0 heterocycles. The Labute approximate surface area is 117 Å². The molecule has 108 valence electrons. The zero-order valence-corrected chi connectivity index (χ0v) is 11.4. The monoisotopic (exact) mass is 279 g/mol. The number of hydrogen-bond donors (Lipinski definition) is 1. The van der Waals surface area contributed by atoms with Gasteiger partial charge in [-0.15, -0.1) is 0 Å². The number of ether oxygens (including phenoxy) is 1. The van der Waals surface area contributed by atoms with Gasteiger partial charge in [-0.05, 0) is 48.4 Å². The van der Waals surface area contributed by atoms with E-state index in [1.54, 1.807) is 6.92 Å². The lowest BCUT2D eigenvalue weighted by Crippen LogP contribution is -2.28. The van der Waals surface area contributed by atoms with E-state index < -0.39 is 11.4 Å². The van der Waals surface area contributed by atoms with E-state index in [-0.39, 0.29) is 12.3 Å². The molecule has 0 radical (unpaired) electrons. The van der Waals surface area contributed by atoms with Crippen molar-refractivity contribution in [3.8, 4) is 5.75 Å². The Morgan fingerprint density at radius 3 is 2.90 bits per heavy atom. The number of benzene rings is 1. The first-order valence-electron chi connectivity index (χ1n) is 6.75. The highest BCUT2D eigenvalue weighted by atomic mass is 19.1. The van der Waals surface area contributed by atoms with Gasteiger partial charge in [0.1, 0.15) is 0 Å². The van der Waals surface area contributed by atoms with E-state index in [2.05, 4.69) is 10.0 Å². The van der Waals surface area contributed by atoms with Crippen LogP contribution in [0.5, 0.6) is 5.75 Å². The molecule has 1 aromatic rings. The van der Waals surface area contributed by atoms with Crippen molar-refractivity contribution in [1.29, 1.82) is 0 Å². The zero-order valence-electron chi connectivity index (χ0n) is 11.4. The minimum Gasteiger partial charge on any atom is -0.490 e. The van der Waals surface area contributed by atoms with Crippen LogP contribution in [0.3, 0.4) is 0 Å². The largest absolute Gasteiger partial charge is 0.490 e. The van der Waals surface area contributed by atoms with Crippen molar-refractivity contribution in [2.24, 2.45) is 11.0 Å². The van der Waals surface area contributed by atoms with Gasteiger partial charge in [0.05, 0.1) is 18.8 Å². The van der Waals surface area contributed by atoms with Crippen LogP contribution in [-0.4, -0.2) is 18.3 Å². The Morgan fingerprint density at radius 1 is 1.55 bits per heavy atom. The number of halogens is 1. The average molecular weight is 279 g/mol. The van der Waals surface area contributed by atoms with E-state index in [9.17, 15) is 9.50 Å². The summed E-state index contributed by atoms with van der Waals surface area (Å²) in [5.74, 6) is 0.213. The van der Waals surface area contributed by atoms with Gasteiger partial charge >= 0.3 is 0 Å². The summed E-state index contributed by atoms with van der Waals surface area (Å²) in [6.07, 6.45) is 2.61. The lowest BCUT2D eigenvalue weighted by Gasteiger charge is -2.26. The van der Waals surface area contributed by atoms with Crippen LogP contribution in [0, 0.1) is 11.7 Å². The Balaban J connectivity index is 2.20. The molecule has 1 fully saturated rings. The van der Waals surface area contributed by atoms with Crippen molar-refractivity contribution in [1.82, 2.24) is 0 Å². The predicted octanol–water partition coefficient (Wildman–Crippen LogP) is 3.52. The molecule has 0 aromatic heterocycles. The third-order valence-corrected chi connectivity index (χ3v) is 3.62. The van der Waals surface area contributed by atoms with Crippen molar-refractivity contribution in [2.75, 3.05) is 13.2 Å². The maximum absolute atomic E-state index is 13.7. The molecule has 1 aliphatic rings. The number of rotatable bonds is 7. The summed E-state index contributed by atoms with van der Waals surface area (Å²) in [6, 6.07) is 4.26. The lowest BCUT2D eigenvalue weighted by atomic mass is 9.91. The molecule has 1 aliphatic carbocycles. The van der Waals surface area contributed by atoms with Crippen LogP contribution in [0.2, 0.25) is 0 Å². The summed E-state index contributed by atoms with van der Waals surface area (Å²) in [5.41, 5.74) is 7.59. The summed E-state index contributed by atoms with van der Waals surface area (Å²) >= 11 is 0. The van der Waals surface area contributed by atoms with Gasteiger partial charge in [-0.2, -0.15) is 0 Å². The van der Waals surface area contributed by atoms with Gasteiger partial charge in [-0.1, -0.05) is 18.1 Å². The first-order chi connectivity index (χ1) is 9.59. The fourth-order valence-corrected chi connectivity index (χ4v) is 1.95. The molecule has 0 spiro atoms. The van der Waals surface area contributed by atoms with Crippen molar-refractivity contribution >= 4 is 0 Å². The van der Waals surface area contributed by atoms with Gasteiger partial charge in [0.25, 0.3) is 0 Å². The van der Waals surface area contributed by atoms with E-state index in [0.717, 1.165) is 12.8 Å². The smallest absolute Gasteiger partial charge is 0.165 e. The molecular weight excluding hydrogens is 261 g/mol. The van der Waals surface area contributed by atoms with Crippen molar-refractivity contribution in [2.45, 2.75) is 31.8 Å². The minimum absolute atomic E-state index is 0.0896. The molecule has 2 rings (SSSR count). The topological polar surface area (TPSA) is 78.2 Å². The quantitative estimate of drug-likeness (QED) is 0.471. The van der Waals surface area contributed by atoms with Crippen molar-refractivity contribution in [3.05, 3.63) is 40.0 Å². The highest BCUT2D eigenvalue weighted by molar-refractivity contribution is 5.34. The Bertz CT molecular complexity index is 527. The van der Waals surface area contributed by atoms with Crippen LogP contribution in [0.15, 0.2) is 23.3 Å². The predicted molar refractivity (Wildman–Crippen MR) is 72.8 cm³/mol. The second-order valence-corrected chi connectivity index (χ2v) is 5.17. The fraction of sp³-hybridized carbons (Fsp3) is 0.571. The summed E-state index contributed by atoms with van der Waals surface area (Å²) in [4.78, 5) is 2.66. The number of aliphatic hydroxyl groups is 1. The van der Waals surface area contributed by atoms with E-state index in [0.29, 0.717) is 24.5 Å². The maximum Gasteiger partial charge on any atom is 0.165 e. The summed E-state index contributed by atoms with van der Waals surface area (Å²) in [7, 11) is 0. The van der Waals surface area contributed by atoms with Crippen molar-refractivity contribution < 1.29 is 14.2 Å². The SMILES string of the molecule is CCC(O)(CN=[N+]=[N-])c1ccc(F)c(OCC2CC2)c1. The lowest BCUT2D eigenvalue weighted by molar-refractivity contribution is 0.0416. The molecule has 0 amide bonds. The molecule has 1 atom stereocenters. The molecule has 0 bridgehead atoms. The molecule has 0 aliphatic heterocycles. The Morgan fingerprint density at radius 2 is 2.30 bits per heavy atom. The van der Waals surface area contributed by atoms with Crippen LogP contribution < -0.4 is 4.74 Å². The third-order valence-electron chi connectivity index (χ3n) is 3.62. The maximum atomic E-state index is 13.7. The van der Waals surface area contributed by atoms with Crippen LogP contribution >= 0.6 is 0 Å². The molecule has 0 saturated heterocycles. The summed E-state index contributed by atoms with van der Waals surface area (Å²) in [5, 5.41) is 13.9. The molecule has 1 N–H and O–H groups in total. The van der Waals surface area contributed by atoms with Gasteiger partial charge in [-0.25, -0.2) is 4.39 Å². The van der Waals surface area contributed by atoms with Crippen LogP contribution in [0.4, 0.5) is 4.39 Å². The van der Waals surface area contributed by atoms with Gasteiger partial charge in [0.15, 0.2) is 11.6 Å². The Hall–Kier alpha value is -1.78. The first-order valence-corrected chi connectivity index (χ1v) is 6.75. The molecule has 1 unspecified atom stereocenters. The van der Waals surface area contributed by atoms with E-state index in [1.165, 1.54) is 18.2 Å². The van der Waals surface area contributed by atoms with Crippen LogP contribution in [0.1, 0.15) is 31.7 Å². The highest BCUT2D eigenvalue weighted by Gasteiger charge is 2.28. The number of azide groups is 1. The normalized spacial score (nSPS) is 17.1. The summed E-state index contributed by atoms with van der Waals surface area (Å²) < 4.78 is 19.2. The fourth-order valence-electron chi connectivity index (χ4n) is 1.95. The standard InChI is InChI=1S/C14H18FN3O2/c1-2-14(19,9-17-18-16)11-5-6-12(15)13(7-11)20-8-10-3-4-10/h5-7,10,19H,2-4,8-9H2,1H3. The van der Waals surface area contributed by atoms with Crippen molar-refractivity contribution in [3.63, 3.8) is 0 Å². The van der Waals surface area contributed by atoms with E-state index in [4.69, 9.17) is 10.3 Å². The van der Waals surface area contributed by atoms with Gasteiger partial charge in [0.2, 0.25) is 0 Å². The average Bonchev–Trinajstić information content (AvgIpc) is 3.28. The van der Waals surface area contributed by atoms with Gasteiger partial charge in [-0.3, -0.25) is 0 Å². The molecule has 6 heteroatoms. The molecular formula is C14H18FN3O2. The molecule has 1 saturated carbocycles. The van der Waals surface area contributed by atoms with Gasteiger partial charge < -0.3 is 9.84 Å². The zero-order chi connectivity index (χ0) is 14.6. The highest BCUT2D eigenvalue weighted by Crippen LogP contribution is 2.33. The molecule has 1 aromatic carbocycles. The minimum atomic E-state index is -1.29. The number of nitrogens with zero attached hydrogens (tertiary/aromatic N) is 3. The second kappa shape index (κ2) is 6.11. The first kappa shape index (κ1) is 14.6. The number of hydrogen-bond acceptors (Lipinski definition) is 3. The van der Waals surface area contributed by atoms with Crippen LogP contribution in [-0.2, 0) is 5.60 Å². The van der Waals surface area contributed by atoms with E-state index in [1.807, 2.05) is 0 Å².